The Morgan fingerprint density at radius 1 is 0.917 bits per heavy atom. The maximum Gasteiger partial charge on any atom is 0.332 e. The highest BCUT2D eigenvalue weighted by atomic mass is 16.2. The van der Waals surface area contributed by atoms with E-state index in [0.717, 1.165) is 31.2 Å². The molecule has 130 valence electrons. The van der Waals surface area contributed by atoms with E-state index in [1.165, 1.54) is 4.57 Å². The lowest BCUT2D eigenvalue weighted by atomic mass is 10.2. The molecular formula is C19H27N3O2. The Morgan fingerprint density at radius 2 is 1.54 bits per heavy atom. The van der Waals surface area contributed by atoms with Crippen molar-refractivity contribution < 1.29 is 0 Å². The van der Waals surface area contributed by atoms with Gasteiger partial charge >= 0.3 is 5.69 Å². The normalized spacial score (nSPS) is 10.8. The highest BCUT2D eigenvalue weighted by Gasteiger charge is 2.11. The zero-order valence-corrected chi connectivity index (χ0v) is 14.6. The minimum Gasteiger partial charge on any atom is -0.367 e. The minimum absolute atomic E-state index is 0.208. The fourth-order valence-corrected chi connectivity index (χ4v) is 2.61. The second-order valence-corrected chi connectivity index (χ2v) is 6.00. The van der Waals surface area contributed by atoms with E-state index >= 15 is 0 Å². The van der Waals surface area contributed by atoms with Crippen LogP contribution in [-0.4, -0.2) is 9.13 Å². The Kier molecular flexibility index (Phi) is 6.85. The van der Waals surface area contributed by atoms with Crippen molar-refractivity contribution in [3.8, 4) is 0 Å². The number of unbranched alkanes of at least 4 members (excludes halogenated alkanes) is 2. The molecule has 0 spiro atoms. The van der Waals surface area contributed by atoms with E-state index in [2.05, 4.69) is 19.2 Å². The first-order valence-corrected chi connectivity index (χ1v) is 8.79. The van der Waals surface area contributed by atoms with Gasteiger partial charge in [-0.05, 0) is 18.4 Å². The highest BCUT2D eigenvalue weighted by molar-refractivity contribution is 5.35. The van der Waals surface area contributed by atoms with Gasteiger partial charge in [0.15, 0.2) is 0 Å². The lowest BCUT2D eigenvalue weighted by molar-refractivity contribution is 0.520. The number of nitrogens with one attached hydrogen (secondary N) is 1. The molecule has 24 heavy (non-hydrogen) atoms. The Hall–Kier alpha value is -2.30. The number of nitrogens with zero attached hydrogens (tertiary/aromatic N) is 2. The van der Waals surface area contributed by atoms with Crippen molar-refractivity contribution in [2.75, 3.05) is 5.32 Å². The van der Waals surface area contributed by atoms with Gasteiger partial charge in [0.25, 0.3) is 5.56 Å². The first kappa shape index (κ1) is 18.0. The predicted molar refractivity (Wildman–Crippen MR) is 98.5 cm³/mol. The van der Waals surface area contributed by atoms with Crippen molar-refractivity contribution in [1.29, 1.82) is 0 Å². The molecule has 5 nitrogen and oxygen atoms in total. The molecule has 0 aliphatic carbocycles. The minimum atomic E-state index is -0.225. The molecule has 0 saturated carbocycles. The number of rotatable bonds is 9. The first-order valence-electron chi connectivity index (χ1n) is 8.79. The summed E-state index contributed by atoms with van der Waals surface area (Å²) in [6, 6.07) is 11.5. The average molecular weight is 329 g/mol. The molecule has 0 saturated heterocycles. The van der Waals surface area contributed by atoms with Crippen LogP contribution in [0.3, 0.4) is 0 Å². The van der Waals surface area contributed by atoms with Crippen molar-refractivity contribution in [3.63, 3.8) is 0 Å². The van der Waals surface area contributed by atoms with E-state index in [0.29, 0.717) is 25.5 Å². The van der Waals surface area contributed by atoms with Gasteiger partial charge in [0.1, 0.15) is 5.82 Å². The Morgan fingerprint density at radius 3 is 2.17 bits per heavy atom. The lowest BCUT2D eigenvalue weighted by Crippen LogP contribution is -2.40. The Bertz CT molecular complexity index is 747. The third-order valence-corrected chi connectivity index (χ3v) is 4.07. The molecule has 2 rings (SSSR count). The quantitative estimate of drug-likeness (QED) is 0.768. The highest BCUT2D eigenvalue weighted by Crippen LogP contribution is 2.07. The van der Waals surface area contributed by atoms with E-state index in [9.17, 15) is 9.59 Å². The van der Waals surface area contributed by atoms with Crippen molar-refractivity contribution in [3.05, 3.63) is 62.8 Å². The summed E-state index contributed by atoms with van der Waals surface area (Å²) in [7, 11) is 0. The summed E-state index contributed by atoms with van der Waals surface area (Å²) >= 11 is 0. The maximum atomic E-state index is 12.7. The molecule has 1 heterocycles. The molecule has 1 aromatic carbocycles. The summed E-state index contributed by atoms with van der Waals surface area (Å²) in [4.78, 5) is 25.0. The Balaban J connectivity index is 2.31. The maximum absolute atomic E-state index is 12.7. The van der Waals surface area contributed by atoms with E-state index in [-0.39, 0.29) is 11.2 Å². The van der Waals surface area contributed by atoms with Gasteiger partial charge in [0.05, 0.1) is 0 Å². The average Bonchev–Trinajstić information content (AvgIpc) is 2.60. The molecule has 0 atom stereocenters. The van der Waals surface area contributed by atoms with Crippen LogP contribution in [0, 0.1) is 0 Å². The van der Waals surface area contributed by atoms with Crippen molar-refractivity contribution in [1.82, 2.24) is 9.13 Å². The van der Waals surface area contributed by atoms with Crippen molar-refractivity contribution in [2.45, 2.75) is 59.2 Å². The molecule has 0 fully saturated rings. The first-order chi connectivity index (χ1) is 11.7. The molecule has 1 aromatic heterocycles. The van der Waals surface area contributed by atoms with Crippen LogP contribution in [0.5, 0.6) is 0 Å². The molecule has 0 aliphatic heterocycles. The smallest absolute Gasteiger partial charge is 0.332 e. The molecule has 1 N–H and O–H groups in total. The fourth-order valence-electron chi connectivity index (χ4n) is 2.61. The molecule has 2 aromatic rings. The van der Waals surface area contributed by atoms with Crippen LogP contribution in [0.4, 0.5) is 5.82 Å². The van der Waals surface area contributed by atoms with Crippen LogP contribution in [0.25, 0.3) is 0 Å². The topological polar surface area (TPSA) is 56.0 Å². The zero-order chi connectivity index (χ0) is 17.4. The fraction of sp³-hybridized carbons (Fsp3) is 0.474. The summed E-state index contributed by atoms with van der Waals surface area (Å²) in [5, 5.41) is 3.25. The van der Waals surface area contributed by atoms with Gasteiger partial charge in [0, 0.05) is 25.7 Å². The molecule has 5 heteroatoms. The number of hydrogen-bond acceptors (Lipinski definition) is 3. The van der Waals surface area contributed by atoms with E-state index < -0.39 is 0 Å². The van der Waals surface area contributed by atoms with Gasteiger partial charge in [-0.1, -0.05) is 57.0 Å². The van der Waals surface area contributed by atoms with Gasteiger partial charge in [-0.2, -0.15) is 0 Å². The largest absolute Gasteiger partial charge is 0.367 e. The Labute approximate surface area is 143 Å². The van der Waals surface area contributed by atoms with Crippen molar-refractivity contribution in [2.24, 2.45) is 0 Å². The third-order valence-electron chi connectivity index (χ3n) is 4.07. The number of benzene rings is 1. The second kappa shape index (κ2) is 9.11. The third kappa shape index (κ3) is 4.60. The van der Waals surface area contributed by atoms with Gasteiger partial charge in [-0.15, -0.1) is 0 Å². The van der Waals surface area contributed by atoms with Crippen LogP contribution >= 0.6 is 0 Å². The van der Waals surface area contributed by atoms with Gasteiger partial charge in [0.2, 0.25) is 0 Å². The summed E-state index contributed by atoms with van der Waals surface area (Å²) in [5.74, 6) is 0.607. The van der Waals surface area contributed by atoms with Crippen LogP contribution in [0.1, 0.15) is 45.1 Å². The summed E-state index contributed by atoms with van der Waals surface area (Å²) < 4.78 is 3.05. The standard InChI is InChI=1S/C19H27N3O2/c1-3-5-12-21-17(20-15-16-10-8-7-9-11-16)14-18(23)22(19(21)24)13-6-4-2/h7-11,14,20H,3-6,12-13,15H2,1-2H3. The molecule has 0 unspecified atom stereocenters. The molecular weight excluding hydrogens is 302 g/mol. The van der Waals surface area contributed by atoms with E-state index in [4.69, 9.17) is 0 Å². The molecule has 0 bridgehead atoms. The number of aromatic nitrogens is 2. The SMILES string of the molecule is CCCCn1c(NCc2ccccc2)cc(=O)n(CCCC)c1=O. The number of anilines is 1. The van der Waals surface area contributed by atoms with E-state index in [1.54, 1.807) is 10.6 Å². The summed E-state index contributed by atoms with van der Waals surface area (Å²) in [6.07, 6.45) is 3.69. The summed E-state index contributed by atoms with van der Waals surface area (Å²) in [5.41, 5.74) is 0.680. The van der Waals surface area contributed by atoms with Gasteiger partial charge < -0.3 is 5.32 Å². The van der Waals surface area contributed by atoms with Gasteiger partial charge in [-0.25, -0.2) is 4.79 Å². The molecule has 0 amide bonds. The van der Waals surface area contributed by atoms with Crippen LogP contribution in [-0.2, 0) is 19.6 Å². The van der Waals surface area contributed by atoms with Crippen LogP contribution < -0.4 is 16.6 Å². The van der Waals surface area contributed by atoms with Gasteiger partial charge in [-0.3, -0.25) is 13.9 Å². The lowest BCUT2D eigenvalue weighted by Gasteiger charge is -2.16. The van der Waals surface area contributed by atoms with Crippen molar-refractivity contribution >= 4 is 5.82 Å². The van der Waals surface area contributed by atoms with E-state index in [1.807, 2.05) is 30.3 Å². The molecule has 0 aliphatic rings. The second-order valence-electron chi connectivity index (χ2n) is 6.00. The predicted octanol–water partition coefficient (Wildman–Crippen LogP) is 3.22. The van der Waals surface area contributed by atoms with Crippen LogP contribution in [0.15, 0.2) is 46.0 Å². The molecule has 0 radical (unpaired) electrons. The number of hydrogen-bond donors (Lipinski definition) is 1. The summed E-state index contributed by atoms with van der Waals surface area (Å²) in [6.45, 7) is 5.84. The zero-order valence-electron chi connectivity index (χ0n) is 14.6. The van der Waals surface area contributed by atoms with Crippen LogP contribution in [0.2, 0.25) is 0 Å². The monoisotopic (exact) mass is 329 g/mol.